The number of halogens is 1. The molecule has 0 atom stereocenters. The molecule has 1 aliphatic heterocycles. The van der Waals surface area contributed by atoms with Crippen LogP contribution in [0.5, 0.6) is 0 Å². The Morgan fingerprint density at radius 1 is 1.18 bits per heavy atom. The molecule has 1 aromatic carbocycles. The van der Waals surface area contributed by atoms with Crippen molar-refractivity contribution in [2.45, 2.75) is 0 Å². The lowest BCUT2D eigenvalue weighted by atomic mass is 10.3. The van der Waals surface area contributed by atoms with Crippen molar-refractivity contribution in [1.82, 2.24) is 4.99 Å². The van der Waals surface area contributed by atoms with Crippen molar-refractivity contribution >= 4 is 0 Å². The Bertz CT molecular complexity index is 344. The summed E-state index contributed by atoms with van der Waals surface area (Å²) in [6.07, 6.45) is 3.39. The lowest BCUT2D eigenvalue weighted by Crippen LogP contribution is -3.00. The molecule has 0 saturated carbocycles. The molecule has 0 saturated heterocycles. The smallest absolute Gasteiger partial charge is 0.302 e. The van der Waals surface area contributed by atoms with E-state index in [2.05, 4.69) is 9.98 Å². The van der Waals surface area contributed by atoms with Crippen molar-refractivity contribution in [1.29, 1.82) is 0 Å². The summed E-state index contributed by atoms with van der Waals surface area (Å²) < 4.78 is 0. The van der Waals surface area contributed by atoms with Gasteiger partial charge < -0.3 is 12.4 Å². The number of rotatable bonds is 0. The Balaban J connectivity index is 0.000000605. The minimum Gasteiger partial charge on any atom is -1.00 e. The molecule has 1 heterocycles. The maximum atomic E-state index is 4.12. The van der Waals surface area contributed by atoms with Crippen LogP contribution in [0.25, 0.3) is 0 Å². The third-order valence-corrected chi connectivity index (χ3v) is 1.38. The van der Waals surface area contributed by atoms with E-state index in [9.17, 15) is 0 Å². The first-order chi connectivity index (χ1) is 4.97. The number of hydrogen-bond acceptors (Lipinski definition) is 2. The Morgan fingerprint density at radius 3 is 2.82 bits per heavy atom. The zero-order chi connectivity index (χ0) is 6.81. The summed E-state index contributed by atoms with van der Waals surface area (Å²) >= 11 is 0. The fourth-order valence-electron chi connectivity index (χ4n) is 0.910. The average Bonchev–Trinajstić information content (AvgIpc) is 2.05. The molecule has 2 nitrogen and oxygen atoms in total. The molecule has 1 aromatic rings. The minimum absolute atomic E-state index is 0. The summed E-state index contributed by atoms with van der Waals surface area (Å²) in [6, 6.07) is 7.80. The third kappa shape index (κ3) is 1.46. The van der Waals surface area contributed by atoms with Crippen molar-refractivity contribution in [3.8, 4) is 0 Å². The number of fused-ring (bicyclic) bond motifs is 1. The molecule has 0 spiro atoms. The number of hydrogen-bond donors (Lipinski definition) is 0. The van der Waals surface area contributed by atoms with Crippen LogP contribution >= 0.6 is 0 Å². The molecule has 3 heteroatoms. The molecule has 0 fully saturated rings. The second-order valence-electron chi connectivity index (χ2n) is 2.05. The fourth-order valence-corrected chi connectivity index (χ4v) is 0.910. The van der Waals surface area contributed by atoms with E-state index in [1.165, 1.54) is 0 Å². The molecule has 2 rings (SSSR count). The minimum atomic E-state index is 0. The molecule has 1 aliphatic rings. The highest BCUT2D eigenvalue weighted by atomic mass is 35.5. The van der Waals surface area contributed by atoms with Crippen LogP contribution in [-0.2, 0) is 0 Å². The van der Waals surface area contributed by atoms with Crippen LogP contribution in [0.4, 0.5) is 0 Å². The third-order valence-electron chi connectivity index (χ3n) is 1.38. The van der Waals surface area contributed by atoms with Gasteiger partial charge in [0, 0.05) is 6.07 Å². The normalized spacial score (nSPS) is 12.0. The molecule has 0 bridgehead atoms. The summed E-state index contributed by atoms with van der Waals surface area (Å²) in [5.41, 5.74) is 0. The maximum Gasteiger partial charge on any atom is 0.302 e. The van der Waals surface area contributed by atoms with E-state index >= 15 is 0 Å². The average molecular weight is 166 g/mol. The van der Waals surface area contributed by atoms with E-state index in [1.54, 1.807) is 12.4 Å². The van der Waals surface area contributed by atoms with Crippen molar-refractivity contribution in [2.24, 2.45) is 4.99 Å². The van der Waals surface area contributed by atoms with E-state index < -0.39 is 0 Å². The van der Waals surface area contributed by atoms with E-state index in [0.29, 0.717) is 0 Å². The Kier molecular flexibility index (Phi) is 2.39. The van der Waals surface area contributed by atoms with Gasteiger partial charge in [-0.15, -0.1) is 0 Å². The summed E-state index contributed by atoms with van der Waals surface area (Å²) in [4.78, 5) is 8.24. The Labute approximate surface area is 70.4 Å². The first-order valence-electron chi connectivity index (χ1n) is 3.12. The predicted octanol–water partition coefficient (Wildman–Crippen LogP) is -3.25. The first-order valence-corrected chi connectivity index (χ1v) is 3.12. The number of benzene rings is 1. The molecular weight excluding hydrogens is 160 g/mol. The van der Waals surface area contributed by atoms with Crippen LogP contribution in [0.1, 0.15) is 0 Å². The van der Waals surface area contributed by atoms with Crippen molar-refractivity contribution in [2.75, 3.05) is 0 Å². The highest BCUT2D eigenvalue weighted by molar-refractivity contribution is 5.03. The van der Waals surface area contributed by atoms with Gasteiger partial charge >= 0.3 is 5.36 Å². The lowest BCUT2D eigenvalue weighted by Gasteiger charge is -1.79. The standard InChI is InChI=1S/C8H6N2.ClH/c1-2-4-8-7(3-1)9-5-6-10-8;/h1-6H;1H/q+1;/p-1. The van der Waals surface area contributed by atoms with Gasteiger partial charge in [-0.2, -0.15) is 0 Å². The van der Waals surface area contributed by atoms with Crippen molar-refractivity contribution < 1.29 is 12.4 Å². The molecule has 0 amide bonds. The lowest BCUT2D eigenvalue weighted by molar-refractivity contribution is -0.00000209. The molecule has 0 unspecified atom stereocenters. The molecule has 0 aliphatic carbocycles. The first kappa shape index (κ1) is 7.95. The quantitative estimate of drug-likeness (QED) is 0.386. The Morgan fingerprint density at radius 2 is 2.00 bits per heavy atom. The zero-order valence-corrected chi connectivity index (χ0v) is 6.49. The summed E-state index contributed by atoms with van der Waals surface area (Å²) in [7, 11) is 0. The second-order valence-corrected chi connectivity index (χ2v) is 2.05. The molecule has 55 valence electrons. The van der Waals surface area contributed by atoms with Crippen molar-refractivity contribution in [3.63, 3.8) is 0 Å². The van der Waals surface area contributed by atoms with Gasteiger partial charge in [0.25, 0.3) is 6.20 Å². The second kappa shape index (κ2) is 3.30. The van der Waals surface area contributed by atoms with Crippen LogP contribution in [0.3, 0.4) is 0 Å². The van der Waals surface area contributed by atoms with Crippen LogP contribution in [-0.4, -0.2) is 0 Å². The van der Waals surface area contributed by atoms with E-state index in [1.807, 2.05) is 24.3 Å². The number of para-hydroxylation sites is 2. The Hall–Kier alpha value is -1.15. The highest BCUT2D eigenvalue weighted by Crippen LogP contribution is 1.74. The van der Waals surface area contributed by atoms with Gasteiger partial charge in [-0.3, -0.25) is 0 Å². The van der Waals surface area contributed by atoms with Gasteiger partial charge in [0.2, 0.25) is 0 Å². The summed E-state index contributed by atoms with van der Waals surface area (Å²) in [6.45, 7) is 0. The van der Waals surface area contributed by atoms with Gasteiger partial charge in [0.1, 0.15) is 5.36 Å². The number of nitrogens with zero attached hydrogens (tertiary/aromatic N) is 2. The van der Waals surface area contributed by atoms with Crippen LogP contribution in [0, 0.1) is 0 Å². The van der Waals surface area contributed by atoms with Gasteiger partial charge in [-0.05, 0) is 6.07 Å². The van der Waals surface area contributed by atoms with Crippen LogP contribution in [0.15, 0.2) is 41.7 Å². The van der Waals surface area contributed by atoms with E-state index in [4.69, 9.17) is 0 Å². The SMILES string of the molecule is C1=C[N+]=c2ccccc2=N1.[Cl-]. The van der Waals surface area contributed by atoms with Gasteiger partial charge in [0.05, 0.1) is 11.2 Å². The summed E-state index contributed by atoms with van der Waals surface area (Å²) in [5.74, 6) is 0. The van der Waals surface area contributed by atoms with Gasteiger partial charge in [-0.1, -0.05) is 12.1 Å². The monoisotopic (exact) mass is 165 g/mol. The predicted molar refractivity (Wildman–Crippen MR) is 37.6 cm³/mol. The topological polar surface area (TPSA) is 26.5 Å². The highest BCUT2D eigenvalue weighted by Gasteiger charge is 1.97. The van der Waals surface area contributed by atoms with Crippen LogP contribution in [0.2, 0.25) is 0 Å². The van der Waals surface area contributed by atoms with E-state index in [0.717, 1.165) is 10.7 Å². The van der Waals surface area contributed by atoms with Gasteiger partial charge in [0.15, 0.2) is 0 Å². The molecule has 11 heavy (non-hydrogen) atoms. The fraction of sp³-hybridized carbons (Fsp3) is 0. The van der Waals surface area contributed by atoms with Crippen molar-refractivity contribution in [3.05, 3.63) is 47.4 Å². The summed E-state index contributed by atoms with van der Waals surface area (Å²) in [5, 5.41) is 1.90. The van der Waals surface area contributed by atoms with Gasteiger partial charge in [-0.25, -0.2) is 4.99 Å². The van der Waals surface area contributed by atoms with E-state index in [-0.39, 0.29) is 12.4 Å². The molecular formula is C8H6ClN2. The molecule has 0 aromatic heterocycles. The molecule has 1 radical (unpaired) electrons. The van der Waals surface area contributed by atoms with Crippen LogP contribution < -0.4 is 28.1 Å². The maximum absolute atomic E-state index is 4.12. The zero-order valence-electron chi connectivity index (χ0n) is 5.74. The molecule has 0 N–H and O–H groups in total. The largest absolute Gasteiger partial charge is 1.00 e.